The van der Waals surface area contributed by atoms with Gasteiger partial charge in [0.15, 0.2) is 0 Å². The fourth-order valence-electron chi connectivity index (χ4n) is 2.22. The predicted octanol–water partition coefficient (Wildman–Crippen LogP) is 4.29. The molecule has 0 aliphatic carbocycles. The first-order valence-electron chi connectivity index (χ1n) is 7.20. The normalized spacial score (nSPS) is 12.3. The van der Waals surface area contributed by atoms with Crippen LogP contribution >= 0.6 is 11.6 Å². The number of nitrogens with zero attached hydrogens (tertiary/aromatic N) is 2. The molecular formula is C17H14ClFN2O2S. The van der Waals surface area contributed by atoms with E-state index < -0.39 is 16.6 Å². The van der Waals surface area contributed by atoms with Gasteiger partial charge < -0.3 is 4.52 Å². The third kappa shape index (κ3) is 4.07. The summed E-state index contributed by atoms with van der Waals surface area (Å²) < 4.78 is 30.4. The van der Waals surface area contributed by atoms with E-state index in [1.54, 1.807) is 0 Å². The maximum atomic E-state index is 13.0. The Hall–Kier alpha value is -2.05. The van der Waals surface area contributed by atoms with Gasteiger partial charge in [0, 0.05) is 21.4 Å². The maximum Gasteiger partial charge on any atom is 0.239 e. The largest absolute Gasteiger partial charge is 0.338 e. The van der Waals surface area contributed by atoms with E-state index >= 15 is 0 Å². The van der Waals surface area contributed by atoms with Gasteiger partial charge in [0.2, 0.25) is 11.7 Å². The van der Waals surface area contributed by atoms with Gasteiger partial charge in [0.05, 0.1) is 5.75 Å². The summed E-state index contributed by atoms with van der Waals surface area (Å²) in [5.41, 5.74) is 2.56. The fraction of sp³-hybridized carbons (Fsp3) is 0.176. The number of benzene rings is 2. The second-order valence-corrected chi connectivity index (χ2v) is 7.21. The molecule has 1 aromatic heterocycles. The molecule has 0 aliphatic heterocycles. The minimum atomic E-state index is -1.29. The Labute approximate surface area is 146 Å². The lowest BCUT2D eigenvalue weighted by Crippen LogP contribution is -2.00. The molecule has 124 valence electrons. The second kappa shape index (κ2) is 7.23. The van der Waals surface area contributed by atoms with E-state index in [2.05, 4.69) is 10.1 Å². The Kier molecular flexibility index (Phi) is 5.06. The average molecular weight is 365 g/mol. The molecule has 0 amide bonds. The van der Waals surface area contributed by atoms with Crippen LogP contribution in [0.1, 0.15) is 17.0 Å². The standard InChI is InChI=1S/C17H14ClFN2O2S/c1-11-3-2-4-12(7-11)17-20-16(23-21-17)10-24(22)9-13-5-6-14(19)8-15(13)18/h2-8H,9-10H2,1H3. The van der Waals surface area contributed by atoms with Crippen LogP contribution in [0.25, 0.3) is 11.4 Å². The third-order valence-corrected chi connectivity index (χ3v) is 4.91. The molecule has 0 spiro atoms. The molecule has 0 fully saturated rings. The van der Waals surface area contributed by atoms with Gasteiger partial charge in [-0.25, -0.2) is 4.39 Å². The van der Waals surface area contributed by atoms with E-state index in [4.69, 9.17) is 16.1 Å². The van der Waals surface area contributed by atoms with Crippen molar-refractivity contribution in [2.45, 2.75) is 18.4 Å². The molecule has 4 nitrogen and oxygen atoms in total. The van der Waals surface area contributed by atoms with E-state index in [9.17, 15) is 8.60 Å². The number of rotatable bonds is 5. The molecule has 0 saturated carbocycles. The van der Waals surface area contributed by atoms with Crippen LogP contribution in [0.4, 0.5) is 4.39 Å². The molecule has 1 heterocycles. The summed E-state index contributed by atoms with van der Waals surface area (Å²) in [5, 5.41) is 4.18. The van der Waals surface area contributed by atoms with E-state index in [0.717, 1.165) is 11.1 Å². The van der Waals surface area contributed by atoms with Gasteiger partial charge >= 0.3 is 0 Å². The zero-order valence-electron chi connectivity index (χ0n) is 12.8. The first kappa shape index (κ1) is 16.8. The summed E-state index contributed by atoms with van der Waals surface area (Å²) >= 11 is 5.95. The van der Waals surface area contributed by atoms with Crippen LogP contribution in [0.3, 0.4) is 0 Å². The highest BCUT2D eigenvalue weighted by Gasteiger charge is 2.13. The van der Waals surface area contributed by atoms with E-state index in [-0.39, 0.29) is 16.5 Å². The molecule has 1 atom stereocenters. The number of hydrogen-bond acceptors (Lipinski definition) is 4. The first-order chi connectivity index (χ1) is 11.5. The lowest BCUT2D eigenvalue weighted by Gasteiger charge is -2.03. The van der Waals surface area contributed by atoms with Crippen LogP contribution in [0.5, 0.6) is 0 Å². The van der Waals surface area contributed by atoms with Crippen molar-refractivity contribution in [3.63, 3.8) is 0 Å². The Morgan fingerprint density at radius 3 is 2.79 bits per heavy atom. The van der Waals surface area contributed by atoms with Gasteiger partial charge in [0.1, 0.15) is 11.6 Å². The zero-order valence-corrected chi connectivity index (χ0v) is 14.4. The van der Waals surface area contributed by atoms with Crippen LogP contribution in [-0.2, 0) is 22.3 Å². The van der Waals surface area contributed by atoms with Crippen LogP contribution in [0.2, 0.25) is 5.02 Å². The topological polar surface area (TPSA) is 56.0 Å². The van der Waals surface area contributed by atoms with Gasteiger partial charge in [-0.05, 0) is 30.7 Å². The Morgan fingerprint density at radius 2 is 2.04 bits per heavy atom. The molecule has 0 aliphatic rings. The minimum absolute atomic E-state index is 0.118. The van der Waals surface area contributed by atoms with E-state index in [0.29, 0.717) is 17.3 Å². The number of aryl methyl sites for hydroxylation is 1. The van der Waals surface area contributed by atoms with E-state index in [1.165, 1.54) is 18.2 Å². The van der Waals surface area contributed by atoms with Crippen molar-refractivity contribution < 1.29 is 13.1 Å². The van der Waals surface area contributed by atoms with Gasteiger partial charge in [-0.15, -0.1) is 0 Å². The van der Waals surface area contributed by atoms with Gasteiger partial charge in [0.25, 0.3) is 0 Å². The summed E-state index contributed by atoms with van der Waals surface area (Å²) in [4.78, 5) is 4.28. The molecule has 3 aromatic rings. The molecular weight excluding hydrogens is 351 g/mol. The van der Waals surface area contributed by atoms with Gasteiger partial charge in [-0.1, -0.05) is 46.6 Å². The minimum Gasteiger partial charge on any atom is -0.338 e. The zero-order chi connectivity index (χ0) is 17.1. The van der Waals surface area contributed by atoms with Crippen molar-refractivity contribution in [3.8, 4) is 11.4 Å². The Bertz CT molecular complexity index is 898. The maximum absolute atomic E-state index is 13.0. The van der Waals surface area contributed by atoms with E-state index in [1.807, 2.05) is 31.2 Å². The second-order valence-electron chi connectivity index (χ2n) is 5.35. The lowest BCUT2D eigenvalue weighted by atomic mass is 10.1. The van der Waals surface area contributed by atoms with Crippen molar-refractivity contribution in [1.29, 1.82) is 0 Å². The van der Waals surface area contributed by atoms with Crippen LogP contribution in [0.15, 0.2) is 47.0 Å². The van der Waals surface area contributed by atoms with Crippen molar-refractivity contribution in [2.24, 2.45) is 0 Å². The quantitative estimate of drug-likeness (QED) is 0.677. The highest BCUT2D eigenvalue weighted by molar-refractivity contribution is 7.83. The van der Waals surface area contributed by atoms with Crippen LogP contribution in [0, 0.1) is 12.7 Å². The summed E-state index contributed by atoms with van der Waals surface area (Å²) in [7, 11) is -1.29. The Morgan fingerprint density at radius 1 is 1.21 bits per heavy atom. The summed E-state index contributed by atoms with van der Waals surface area (Å²) in [5.74, 6) is 0.649. The highest BCUT2D eigenvalue weighted by atomic mass is 35.5. The molecule has 1 unspecified atom stereocenters. The molecule has 7 heteroatoms. The monoisotopic (exact) mass is 364 g/mol. The number of hydrogen-bond donors (Lipinski definition) is 0. The summed E-state index contributed by atoms with van der Waals surface area (Å²) in [6.07, 6.45) is 0. The van der Waals surface area contributed by atoms with Crippen molar-refractivity contribution in [3.05, 3.63) is 70.3 Å². The molecule has 0 N–H and O–H groups in total. The molecule has 0 radical (unpaired) electrons. The molecule has 0 saturated heterocycles. The molecule has 2 aromatic carbocycles. The highest BCUT2D eigenvalue weighted by Crippen LogP contribution is 2.21. The molecule has 0 bridgehead atoms. The van der Waals surface area contributed by atoms with Gasteiger partial charge in [-0.3, -0.25) is 4.21 Å². The van der Waals surface area contributed by atoms with Crippen molar-refractivity contribution in [1.82, 2.24) is 10.1 Å². The smallest absolute Gasteiger partial charge is 0.239 e. The Balaban J connectivity index is 1.69. The number of halogens is 2. The van der Waals surface area contributed by atoms with Crippen molar-refractivity contribution >= 4 is 22.4 Å². The predicted molar refractivity (Wildman–Crippen MR) is 91.4 cm³/mol. The lowest BCUT2D eigenvalue weighted by molar-refractivity contribution is 0.390. The van der Waals surface area contributed by atoms with Crippen molar-refractivity contribution in [2.75, 3.05) is 0 Å². The van der Waals surface area contributed by atoms with Gasteiger partial charge in [-0.2, -0.15) is 4.98 Å². The summed E-state index contributed by atoms with van der Waals surface area (Å²) in [6, 6.07) is 11.8. The SMILES string of the molecule is Cc1cccc(-c2noc(CS(=O)Cc3ccc(F)cc3Cl)n2)c1. The molecule has 24 heavy (non-hydrogen) atoms. The van der Waals surface area contributed by atoms with Crippen LogP contribution in [-0.4, -0.2) is 14.3 Å². The molecule has 3 rings (SSSR count). The first-order valence-corrected chi connectivity index (χ1v) is 9.06. The average Bonchev–Trinajstić information content (AvgIpc) is 2.98. The summed E-state index contributed by atoms with van der Waals surface area (Å²) in [6.45, 7) is 1.98. The third-order valence-electron chi connectivity index (χ3n) is 3.36. The van der Waals surface area contributed by atoms with Crippen LogP contribution < -0.4 is 0 Å². The fourth-order valence-corrected chi connectivity index (χ4v) is 3.62. The number of aromatic nitrogens is 2.